The van der Waals surface area contributed by atoms with Crippen molar-refractivity contribution in [3.8, 4) is 0 Å². The molecule has 1 fully saturated rings. The van der Waals surface area contributed by atoms with E-state index in [1.54, 1.807) is 0 Å². The lowest BCUT2D eigenvalue weighted by molar-refractivity contribution is 0.199. The van der Waals surface area contributed by atoms with Crippen LogP contribution in [0.25, 0.3) is 0 Å². The van der Waals surface area contributed by atoms with Crippen LogP contribution < -0.4 is 5.32 Å². The molecule has 4 heteroatoms. The highest BCUT2D eigenvalue weighted by atomic mass is 15.2. The molecule has 0 spiro atoms. The highest BCUT2D eigenvalue weighted by Crippen LogP contribution is 2.20. The lowest BCUT2D eigenvalue weighted by atomic mass is 10.2. The molecule has 1 saturated heterocycles. The Labute approximate surface area is 123 Å². The number of aromatic nitrogens is 1. The minimum atomic E-state index is 0.684. The number of rotatable bonds is 7. The number of hydrogen-bond donors (Lipinski definition) is 1. The van der Waals surface area contributed by atoms with Gasteiger partial charge < -0.3 is 10.2 Å². The van der Waals surface area contributed by atoms with Crippen LogP contribution in [0.4, 0.5) is 0 Å². The Kier molecular flexibility index (Phi) is 5.95. The molecule has 0 bridgehead atoms. The van der Waals surface area contributed by atoms with E-state index in [1.165, 1.54) is 25.1 Å². The first-order valence-electron chi connectivity index (χ1n) is 7.73. The molecule has 0 saturated carbocycles. The zero-order valence-corrected chi connectivity index (χ0v) is 13.1. The summed E-state index contributed by atoms with van der Waals surface area (Å²) in [7, 11) is 4.32. The molecule has 2 heterocycles. The van der Waals surface area contributed by atoms with Crippen LogP contribution in [0.2, 0.25) is 0 Å². The SMILES string of the molecule is CCNCc1cccc(CN2CCCC2CN(C)C)n1. The largest absolute Gasteiger partial charge is 0.311 e. The normalized spacial score (nSPS) is 19.9. The minimum Gasteiger partial charge on any atom is -0.311 e. The van der Waals surface area contributed by atoms with Crippen molar-refractivity contribution in [1.82, 2.24) is 20.1 Å². The molecule has 1 N–H and O–H groups in total. The Morgan fingerprint density at radius 1 is 1.35 bits per heavy atom. The maximum absolute atomic E-state index is 4.77. The van der Waals surface area contributed by atoms with Gasteiger partial charge in [0.1, 0.15) is 0 Å². The average molecular weight is 276 g/mol. The van der Waals surface area contributed by atoms with Crippen LogP contribution >= 0.6 is 0 Å². The molecule has 1 aliphatic heterocycles. The predicted octanol–water partition coefficient (Wildman–Crippen LogP) is 1.72. The molecule has 1 unspecified atom stereocenters. The maximum atomic E-state index is 4.77. The lowest BCUT2D eigenvalue weighted by Gasteiger charge is -2.26. The third-order valence-corrected chi connectivity index (χ3v) is 3.86. The first-order chi connectivity index (χ1) is 9.69. The Morgan fingerprint density at radius 2 is 2.15 bits per heavy atom. The molecule has 1 atom stereocenters. The third kappa shape index (κ3) is 4.54. The molecule has 1 aromatic rings. The maximum Gasteiger partial charge on any atom is 0.0547 e. The van der Waals surface area contributed by atoms with Gasteiger partial charge >= 0.3 is 0 Å². The van der Waals surface area contributed by atoms with Crippen molar-refractivity contribution in [2.45, 2.75) is 38.9 Å². The molecule has 20 heavy (non-hydrogen) atoms. The summed E-state index contributed by atoms with van der Waals surface area (Å²) in [6, 6.07) is 7.07. The van der Waals surface area contributed by atoms with Crippen LogP contribution in [0, 0.1) is 0 Å². The first kappa shape index (κ1) is 15.4. The van der Waals surface area contributed by atoms with Crippen molar-refractivity contribution in [3.05, 3.63) is 29.6 Å². The van der Waals surface area contributed by atoms with Crippen molar-refractivity contribution < 1.29 is 0 Å². The van der Waals surface area contributed by atoms with Crippen molar-refractivity contribution in [2.24, 2.45) is 0 Å². The van der Waals surface area contributed by atoms with Crippen LogP contribution in [0.1, 0.15) is 31.2 Å². The number of pyridine rings is 1. The summed E-state index contributed by atoms with van der Waals surface area (Å²) in [4.78, 5) is 9.64. The van der Waals surface area contributed by atoms with E-state index in [4.69, 9.17) is 4.98 Å². The molecule has 4 nitrogen and oxygen atoms in total. The zero-order chi connectivity index (χ0) is 14.4. The number of likely N-dealkylation sites (tertiary alicyclic amines) is 1. The fraction of sp³-hybridized carbons (Fsp3) is 0.688. The van der Waals surface area contributed by atoms with Gasteiger partial charge in [0.05, 0.1) is 11.4 Å². The van der Waals surface area contributed by atoms with Gasteiger partial charge in [0.2, 0.25) is 0 Å². The average Bonchev–Trinajstić information content (AvgIpc) is 2.83. The minimum absolute atomic E-state index is 0.684. The molecule has 112 valence electrons. The van der Waals surface area contributed by atoms with Crippen LogP contribution in [-0.4, -0.2) is 54.6 Å². The summed E-state index contributed by atoms with van der Waals surface area (Å²) in [6.45, 7) is 7.32. The third-order valence-electron chi connectivity index (χ3n) is 3.86. The molecule has 0 amide bonds. The number of likely N-dealkylation sites (N-methyl/N-ethyl adjacent to an activating group) is 1. The monoisotopic (exact) mass is 276 g/mol. The highest BCUT2D eigenvalue weighted by molar-refractivity contribution is 5.11. The second-order valence-electron chi connectivity index (χ2n) is 5.93. The van der Waals surface area contributed by atoms with Crippen LogP contribution in [0.15, 0.2) is 18.2 Å². The molecule has 0 radical (unpaired) electrons. The molecule has 0 aromatic carbocycles. The molecule has 2 rings (SSSR count). The number of hydrogen-bond acceptors (Lipinski definition) is 4. The van der Waals surface area contributed by atoms with Crippen molar-refractivity contribution in [1.29, 1.82) is 0 Å². The summed E-state index contributed by atoms with van der Waals surface area (Å²) >= 11 is 0. The topological polar surface area (TPSA) is 31.4 Å². The standard InChI is InChI=1S/C16H28N4/c1-4-17-11-14-7-5-8-15(18-14)12-20-10-6-9-16(20)13-19(2)3/h5,7-8,16-17H,4,6,9-13H2,1-3H3. The number of nitrogens with one attached hydrogen (secondary N) is 1. The summed E-state index contributed by atoms with van der Waals surface area (Å²) in [6.07, 6.45) is 2.63. The molecule has 1 aliphatic rings. The summed E-state index contributed by atoms with van der Waals surface area (Å²) in [5.41, 5.74) is 2.35. The van der Waals surface area contributed by atoms with Gasteiger partial charge in [-0.05, 0) is 52.2 Å². The Bertz CT molecular complexity index is 405. The van der Waals surface area contributed by atoms with Gasteiger partial charge in [0.15, 0.2) is 0 Å². The van der Waals surface area contributed by atoms with Gasteiger partial charge in [-0.2, -0.15) is 0 Å². The fourth-order valence-electron chi connectivity index (χ4n) is 2.91. The molecular formula is C16H28N4. The van der Waals surface area contributed by atoms with E-state index in [0.717, 1.165) is 31.9 Å². The van der Waals surface area contributed by atoms with E-state index in [1.807, 2.05) is 0 Å². The fourth-order valence-corrected chi connectivity index (χ4v) is 2.91. The van der Waals surface area contributed by atoms with E-state index < -0.39 is 0 Å². The van der Waals surface area contributed by atoms with Crippen molar-refractivity contribution >= 4 is 0 Å². The molecule has 0 aliphatic carbocycles. The van der Waals surface area contributed by atoms with Gasteiger partial charge in [-0.3, -0.25) is 9.88 Å². The van der Waals surface area contributed by atoms with Crippen molar-refractivity contribution in [2.75, 3.05) is 33.7 Å². The lowest BCUT2D eigenvalue weighted by Crippen LogP contribution is -2.37. The Balaban J connectivity index is 1.94. The highest BCUT2D eigenvalue weighted by Gasteiger charge is 2.25. The van der Waals surface area contributed by atoms with Crippen LogP contribution in [-0.2, 0) is 13.1 Å². The number of nitrogens with zero attached hydrogens (tertiary/aromatic N) is 3. The van der Waals surface area contributed by atoms with Crippen LogP contribution in [0.3, 0.4) is 0 Å². The Hall–Kier alpha value is -0.970. The zero-order valence-electron chi connectivity index (χ0n) is 13.1. The van der Waals surface area contributed by atoms with E-state index in [9.17, 15) is 0 Å². The van der Waals surface area contributed by atoms with Gasteiger partial charge in [-0.25, -0.2) is 0 Å². The van der Waals surface area contributed by atoms with E-state index >= 15 is 0 Å². The van der Waals surface area contributed by atoms with Gasteiger partial charge in [0, 0.05) is 25.7 Å². The van der Waals surface area contributed by atoms with Crippen molar-refractivity contribution in [3.63, 3.8) is 0 Å². The summed E-state index contributed by atoms with van der Waals surface area (Å²) in [5.74, 6) is 0. The second-order valence-corrected chi connectivity index (χ2v) is 5.93. The van der Waals surface area contributed by atoms with Gasteiger partial charge in [-0.1, -0.05) is 13.0 Å². The predicted molar refractivity (Wildman–Crippen MR) is 83.6 cm³/mol. The smallest absolute Gasteiger partial charge is 0.0547 e. The molecular weight excluding hydrogens is 248 g/mol. The molecule has 1 aromatic heterocycles. The van der Waals surface area contributed by atoms with E-state index in [-0.39, 0.29) is 0 Å². The second kappa shape index (κ2) is 7.72. The van der Waals surface area contributed by atoms with Gasteiger partial charge in [-0.15, -0.1) is 0 Å². The van der Waals surface area contributed by atoms with E-state index in [0.29, 0.717) is 6.04 Å². The van der Waals surface area contributed by atoms with E-state index in [2.05, 4.69) is 54.3 Å². The van der Waals surface area contributed by atoms with Gasteiger partial charge in [0.25, 0.3) is 0 Å². The quantitative estimate of drug-likeness (QED) is 0.821. The summed E-state index contributed by atoms with van der Waals surface area (Å²) in [5, 5.41) is 3.34. The first-order valence-corrected chi connectivity index (χ1v) is 7.73. The summed E-state index contributed by atoms with van der Waals surface area (Å²) < 4.78 is 0. The van der Waals surface area contributed by atoms with Crippen LogP contribution in [0.5, 0.6) is 0 Å². The Morgan fingerprint density at radius 3 is 2.90 bits per heavy atom.